The largest absolute Gasteiger partial charge is 0.273 e. The molecular weight excluding hydrogens is 367 g/mol. The van der Waals surface area contributed by atoms with Crippen LogP contribution in [0, 0.1) is 0 Å². The van der Waals surface area contributed by atoms with Crippen LogP contribution in [-0.2, 0) is 11.2 Å². The van der Waals surface area contributed by atoms with Crippen LogP contribution in [-0.4, -0.2) is 11.6 Å². The highest BCUT2D eigenvalue weighted by Gasteiger charge is 2.10. The van der Waals surface area contributed by atoms with Crippen molar-refractivity contribution in [3.8, 4) is 0 Å². The van der Waals surface area contributed by atoms with Crippen molar-refractivity contribution in [3.63, 3.8) is 0 Å². The molecule has 0 atom stereocenters. The summed E-state index contributed by atoms with van der Waals surface area (Å²) in [5, 5.41) is 7.54. The van der Waals surface area contributed by atoms with Gasteiger partial charge in [0.2, 0.25) is 5.91 Å². The fourth-order valence-corrected chi connectivity index (χ4v) is 3.36. The van der Waals surface area contributed by atoms with Crippen LogP contribution in [0.2, 0.25) is 10.0 Å². The molecule has 5 heteroatoms. The highest BCUT2D eigenvalue weighted by atomic mass is 35.5. The molecule has 0 heterocycles. The maximum atomic E-state index is 12.4. The molecule has 0 bridgehead atoms. The van der Waals surface area contributed by atoms with Crippen LogP contribution < -0.4 is 5.43 Å². The van der Waals surface area contributed by atoms with Crippen LogP contribution in [0.4, 0.5) is 0 Å². The summed E-state index contributed by atoms with van der Waals surface area (Å²) in [5.41, 5.74) is 5.09. The van der Waals surface area contributed by atoms with Crippen molar-refractivity contribution in [2.75, 3.05) is 0 Å². The Labute approximate surface area is 162 Å². The van der Waals surface area contributed by atoms with E-state index >= 15 is 0 Å². The van der Waals surface area contributed by atoms with E-state index in [0.29, 0.717) is 22.2 Å². The smallest absolute Gasteiger partial charge is 0.244 e. The van der Waals surface area contributed by atoms with E-state index in [9.17, 15) is 4.79 Å². The number of benzene rings is 3. The molecule has 3 aromatic carbocycles. The molecule has 0 aliphatic carbocycles. The molecule has 0 aliphatic heterocycles. The van der Waals surface area contributed by atoms with Crippen LogP contribution in [0.5, 0.6) is 0 Å². The molecule has 0 saturated heterocycles. The molecule has 1 N–H and O–H groups in total. The summed E-state index contributed by atoms with van der Waals surface area (Å²) >= 11 is 12.2. The van der Waals surface area contributed by atoms with Gasteiger partial charge in [0.25, 0.3) is 0 Å². The average molecular weight is 385 g/mol. The van der Waals surface area contributed by atoms with Gasteiger partial charge in [-0.3, -0.25) is 4.79 Å². The van der Waals surface area contributed by atoms with Crippen molar-refractivity contribution in [3.05, 3.63) is 81.8 Å². The van der Waals surface area contributed by atoms with Gasteiger partial charge in [-0.1, -0.05) is 78.7 Å². The number of hydrogen-bond donors (Lipinski definition) is 1. The number of carbonyl (C=O) groups excluding carboxylic acids is 1. The molecule has 0 aliphatic rings. The van der Waals surface area contributed by atoms with E-state index in [1.165, 1.54) is 0 Å². The van der Waals surface area contributed by atoms with Gasteiger partial charge in [0.15, 0.2) is 0 Å². The SMILES string of the molecule is CC/C(=N/NC(=O)Cc1cccc2ccccc12)c1ccc(Cl)cc1Cl. The molecule has 3 nitrogen and oxygen atoms in total. The molecular formula is C21H18Cl2N2O. The Balaban J connectivity index is 1.77. The lowest BCUT2D eigenvalue weighted by Crippen LogP contribution is -2.22. The normalized spacial score (nSPS) is 11.6. The standard InChI is InChI=1S/C21H18Cl2N2O/c1-2-20(18-11-10-16(22)13-19(18)23)24-25-21(26)12-15-8-5-7-14-6-3-4-9-17(14)15/h3-11,13H,2,12H2,1H3,(H,25,26)/b24-20-. The minimum Gasteiger partial charge on any atom is -0.273 e. The summed E-state index contributed by atoms with van der Waals surface area (Å²) in [7, 11) is 0. The van der Waals surface area contributed by atoms with E-state index in [1.54, 1.807) is 12.1 Å². The van der Waals surface area contributed by atoms with E-state index < -0.39 is 0 Å². The Kier molecular flexibility index (Phi) is 5.92. The Hall–Kier alpha value is -2.36. The summed E-state index contributed by atoms with van der Waals surface area (Å²) in [6.07, 6.45) is 0.895. The first-order valence-electron chi connectivity index (χ1n) is 8.36. The van der Waals surface area contributed by atoms with Gasteiger partial charge >= 0.3 is 0 Å². The molecule has 26 heavy (non-hydrogen) atoms. The van der Waals surface area contributed by atoms with Crippen molar-refractivity contribution in [1.82, 2.24) is 5.43 Å². The minimum absolute atomic E-state index is 0.169. The van der Waals surface area contributed by atoms with Crippen molar-refractivity contribution in [1.29, 1.82) is 0 Å². The van der Waals surface area contributed by atoms with Gasteiger partial charge in [-0.25, -0.2) is 5.43 Å². The van der Waals surface area contributed by atoms with Crippen LogP contribution in [0.25, 0.3) is 10.8 Å². The van der Waals surface area contributed by atoms with E-state index in [1.807, 2.05) is 55.5 Å². The van der Waals surface area contributed by atoms with Crippen molar-refractivity contribution >= 4 is 45.6 Å². The molecule has 1 amide bonds. The van der Waals surface area contributed by atoms with Gasteiger partial charge in [-0.2, -0.15) is 5.10 Å². The highest BCUT2D eigenvalue weighted by molar-refractivity contribution is 6.37. The predicted octanol–water partition coefficient (Wildman–Crippen LogP) is 5.62. The molecule has 132 valence electrons. The molecule has 3 rings (SSSR count). The maximum Gasteiger partial charge on any atom is 0.244 e. The second kappa shape index (κ2) is 8.35. The van der Waals surface area contributed by atoms with Crippen molar-refractivity contribution < 1.29 is 4.79 Å². The van der Waals surface area contributed by atoms with E-state index in [4.69, 9.17) is 23.2 Å². The van der Waals surface area contributed by atoms with Gasteiger partial charge in [0.05, 0.1) is 17.2 Å². The van der Waals surface area contributed by atoms with E-state index in [0.717, 1.165) is 21.9 Å². The van der Waals surface area contributed by atoms with E-state index in [-0.39, 0.29) is 12.3 Å². The van der Waals surface area contributed by atoms with Gasteiger partial charge < -0.3 is 0 Å². The van der Waals surface area contributed by atoms with Crippen molar-refractivity contribution in [2.24, 2.45) is 5.10 Å². The number of carbonyl (C=O) groups is 1. The van der Waals surface area contributed by atoms with Gasteiger partial charge in [-0.05, 0) is 34.9 Å². The Morgan fingerprint density at radius 3 is 2.58 bits per heavy atom. The molecule has 3 aromatic rings. The molecule has 0 saturated carbocycles. The lowest BCUT2D eigenvalue weighted by molar-refractivity contribution is -0.120. The number of fused-ring (bicyclic) bond motifs is 1. The average Bonchev–Trinajstić information content (AvgIpc) is 2.64. The quantitative estimate of drug-likeness (QED) is 0.450. The first-order valence-corrected chi connectivity index (χ1v) is 9.11. The fraction of sp³-hybridized carbons (Fsp3) is 0.143. The number of nitrogens with one attached hydrogen (secondary N) is 1. The first kappa shape index (κ1) is 18.4. The Morgan fingerprint density at radius 2 is 1.81 bits per heavy atom. The third kappa shape index (κ3) is 4.24. The van der Waals surface area contributed by atoms with Gasteiger partial charge in [0, 0.05) is 10.6 Å². The third-order valence-electron chi connectivity index (χ3n) is 4.12. The monoisotopic (exact) mass is 384 g/mol. The Morgan fingerprint density at radius 1 is 1.04 bits per heavy atom. The van der Waals surface area contributed by atoms with E-state index in [2.05, 4.69) is 10.5 Å². The van der Waals surface area contributed by atoms with Gasteiger partial charge in [0.1, 0.15) is 0 Å². The zero-order valence-electron chi connectivity index (χ0n) is 14.3. The predicted molar refractivity (Wildman–Crippen MR) is 109 cm³/mol. The second-order valence-corrected chi connectivity index (χ2v) is 6.73. The highest BCUT2D eigenvalue weighted by Crippen LogP contribution is 2.22. The van der Waals surface area contributed by atoms with Gasteiger partial charge in [-0.15, -0.1) is 0 Å². The number of hydrogen-bond acceptors (Lipinski definition) is 2. The topological polar surface area (TPSA) is 41.5 Å². The number of halogens is 2. The first-order chi connectivity index (χ1) is 12.6. The Bertz CT molecular complexity index is 977. The zero-order valence-corrected chi connectivity index (χ0v) is 15.8. The number of amides is 1. The van der Waals surface area contributed by atoms with Crippen LogP contribution >= 0.6 is 23.2 Å². The number of nitrogens with zero attached hydrogens (tertiary/aromatic N) is 1. The second-order valence-electron chi connectivity index (χ2n) is 5.89. The van der Waals surface area contributed by atoms with Crippen LogP contribution in [0.1, 0.15) is 24.5 Å². The third-order valence-corrected chi connectivity index (χ3v) is 4.67. The molecule has 0 aromatic heterocycles. The van der Waals surface area contributed by atoms with Crippen LogP contribution in [0.3, 0.4) is 0 Å². The molecule has 0 fully saturated rings. The molecule has 0 spiro atoms. The lowest BCUT2D eigenvalue weighted by atomic mass is 10.0. The number of rotatable bonds is 5. The minimum atomic E-state index is -0.169. The lowest BCUT2D eigenvalue weighted by Gasteiger charge is -2.09. The van der Waals surface area contributed by atoms with Crippen LogP contribution in [0.15, 0.2) is 65.8 Å². The zero-order chi connectivity index (χ0) is 18.5. The molecule has 0 unspecified atom stereocenters. The summed E-state index contributed by atoms with van der Waals surface area (Å²) in [4.78, 5) is 12.4. The summed E-state index contributed by atoms with van der Waals surface area (Å²) in [6, 6.07) is 19.2. The summed E-state index contributed by atoms with van der Waals surface area (Å²) < 4.78 is 0. The summed E-state index contributed by atoms with van der Waals surface area (Å²) in [6.45, 7) is 1.96. The summed E-state index contributed by atoms with van der Waals surface area (Å²) in [5.74, 6) is -0.169. The fourth-order valence-electron chi connectivity index (χ4n) is 2.84. The molecule has 0 radical (unpaired) electrons. The van der Waals surface area contributed by atoms with Crippen molar-refractivity contribution in [2.45, 2.75) is 19.8 Å². The maximum absolute atomic E-state index is 12.4. The number of hydrazone groups is 1.